The Morgan fingerprint density at radius 3 is 2.33 bits per heavy atom. The number of ether oxygens (including phenoxy) is 3. The zero-order valence-corrected chi connectivity index (χ0v) is 15.6. The topological polar surface area (TPSA) is 104 Å². The van der Waals surface area contributed by atoms with Crippen molar-refractivity contribution < 1.29 is 23.8 Å². The maximum absolute atomic E-state index is 13.2. The van der Waals surface area contributed by atoms with Crippen LogP contribution >= 0.6 is 0 Å². The van der Waals surface area contributed by atoms with Gasteiger partial charge in [-0.2, -0.15) is 0 Å². The molecule has 1 aromatic carbocycles. The van der Waals surface area contributed by atoms with Gasteiger partial charge in [0.05, 0.1) is 31.9 Å². The highest BCUT2D eigenvalue weighted by Gasteiger charge is 2.41. The van der Waals surface area contributed by atoms with Crippen LogP contribution in [0.5, 0.6) is 17.4 Å². The van der Waals surface area contributed by atoms with Crippen molar-refractivity contribution in [3.05, 3.63) is 41.6 Å². The highest BCUT2D eigenvalue weighted by atomic mass is 16.6. The smallest absolute Gasteiger partial charge is 0.411 e. The van der Waals surface area contributed by atoms with Crippen molar-refractivity contribution in [3.8, 4) is 17.4 Å². The Kier molecular flexibility index (Phi) is 4.65. The first-order valence-corrected chi connectivity index (χ1v) is 8.28. The van der Waals surface area contributed by atoms with Gasteiger partial charge in [-0.05, 0) is 25.0 Å². The molecule has 3 rings (SSSR count). The van der Waals surface area contributed by atoms with E-state index in [1.807, 2.05) is 13.8 Å². The lowest BCUT2D eigenvalue weighted by Gasteiger charge is -2.39. The summed E-state index contributed by atoms with van der Waals surface area (Å²) >= 11 is 0. The van der Waals surface area contributed by atoms with Crippen molar-refractivity contribution in [2.24, 2.45) is 5.73 Å². The van der Waals surface area contributed by atoms with Gasteiger partial charge in [-0.25, -0.2) is 9.78 Å². The van der Waals surface area contributed by atoms with Crippen LogP contribution < -0.4 is 24.8 Å². The second-order valence-corrected chi connectivity index (χ2v) is 6.69. The van der Waals surface area contributed by atoms with Crippen LogP contribution in [0.2, 0.25) is 0 Å². The number of carbonyl (C=O) groups is 2. The van der Waals surface area contributed by atoms with Crippen molar-refractivity contribution in [1.29, 1.82) is 0 Å². The third kappa shape index (κ3) is 3.38. The number of nitrogens with zero attached hydrogens (tertiary/aromatic N) is 2. The Hall–Kier alpha value is -3.29. The van der Waals surface area contributed by atoms with E-state index < -0.39 is 11.5 Å². The number of benzene rings is 1. The molecule has 8 heteroatoms. The van der Waals surface area contributed by atoms with Crippen LogP contribution in [0.15, 0.2) is 30.5 Å². The number of aromatic nitrogens is 1. The molecule has 0 saturated heterocycles. The number of fused-ring (bicyclic) bond motifs is 1. The number of rotatable bonds is 4. The lowest BCUT2D eigenvalue weighted by atomic mass is 9.78. The maximum Gasteiger partial charge on any atom is 0.411 e. The Bertz CT molecular complexity index is 888. The van der Waals surface area contributed by atoms with E-state index in [4.69, 9.17) is 19.9 Å². The van der Waals surface area contributed by atoms with Crippen LogP contribution in [0, 0.1) is 0 Å². The zero-order chi connectivity index (χ0) is 19.8. The Labute approximate surface area is 156 Å². The SMILES string of the molecule is COc1cc(OC)cc(N2Cc3cnc(OC(N)=O)cc3C(C)(C)C2=O)c1. The van der Waals surface area contributed by atoms with Gasteiger partial charge in [0.25, 0.3) is 0 Å². The van der Waals surface area contributed by atoms with Crippen LogP contribution in [0.4, 0.5) is 10.5 Å². The van der Waals surface area contributed by atoms with Gasteiger partial charge in [0.15, 0.2) is 0 Å². The molecule has 2 amide bonds. The summed E-state index contributed by atoms with van der Waals surface area (Å²) < 4.78 is 15.5. The highest BCUT2D eigenvalue weighted by Crippen LogP contribution is 2.39. The van der Waals surface area contributed by atoms with Gasteiger partial charge in [0.2, 0.25) is 11.8 Å². The number of anilines is 1. The largest absolute Gasteiger partial charge is 0.497 e. The lowest BCUT2D eigenvalue weighted by molar-refractivity contribution is -0.123. The summed E-state index contributed by atoms with van der Waals surface area (Å²) in [7, 11) is 3.11. The van der Waals surface area contributed by atoms with Gasteiger partial charge < -0.3 is 24.8 Å². The lowest BCUT2D eigenvalue weighted by Crippen LogP contribution is -2.48. The summed E-state index contributed by atoms with van der Waals surface area (Å²) in [5.74, 6) is 1.13. The quantitative estimate of drug-likeness (QED) is 0.885. The van der Waals surface area contributed by atoms with E-state index in [1.165, 1.54) is 0 Å². The molecule has 1 aromatic heterocycles. The van der Waals surface area contributed by atoms with Crippen molar-refractivity contribution in [2.45, 2.75) is 25.8 Å². The number of amides is 2. The van der Waals surface area contributed by atoms with E-state index in [0.29, 0.717) is 23.7 Å². The Balaban J connectivity index is 2.05. The summed E-state index contributed by atoms with van der Waals surface area (Å²) in [6, 6.07) is 6.88. The number of nitrogens with two attached hydrogens (primary N) is 1. The highest BCUT2D eigenvalue weighted by molar-refractivity contribution is 6.02. The molecule has 2 N–H and O–H groups in total. The van der Waals surface area contributed by atoms with E-state index in [9.17, 15) is 9.59 Å². The molecule has 1 aliphatic heterocycles. The molecule has 0 fully saturated rings. The Morgan fingerprint density at radius 2 is 1.78 bits per heavy atom. The molecule has 0 saturated carbocycles. The number of hydrogen-bond acceptors (Lipinski definition) is 6. The molecular formula is C19H21N3O5. The second-order valence-electron chi connectivity index (χ2n) is 6.69. The summed E-state index contributed by atoms with van der Waals surface area (Å²) in [6.45, 7) is 3.94. The third-order valence-corrected chi connectivity index (χ3v) is 4.60. The molecule has 1 aliphatic rings. The summed E-state index contributed by atoms with van der Waals surface area (Å²) in [5, 5.41) is 0. The molecule has 0 aliphatic carbocycles. The molecular weight excluding hydrogens is 350 g/mol. The minimum Gasteiger partial charge on any atom is -0.497 e. The fourth-order valence-corrected chi connectivity index (χ4v) is 3.18. The molecule has 142 valence electrons. The molecule has 27 heavy (non-hydrogen) atoms. The zero-order valence-electron chi connectivity index (χ0n) is 15.6. The number of carbonyl (C=O) groups excluding carboxylic acids is 2. The van der Waals surface area contributed by atoms with Gasteiger partial charge in [-0.1, -0.05) is 0 Å². The van der Waals surface area contributed by atoms with E-state index in [0.717, 1.165) is 11.1 Å². The maximum atomic E-state index is 13.2. The van der Waals surface area contributed by atoms with Crippen LogP contribution in [-0.4, -0.2) is 31.2 Å². The van der Waals surface area contributed by atoms with Gasteiger partial charge in [-0.15, -0.1) is 0 Å². The summed E-state index contributed by atoms with van der Waals surface area (Å²) in [4.78, 5) is 30.0. The van der Waals surface area contributed by atoms with E-state index in [1.54, 1.807) is 49.6 Å². The van der Waals surface area contributed by atoms with Gasteiger partial charge in [0, 0.05) is 30.5 Å². The normalized spacial score (nSPS) is 15.1. The van der Waals surface area contributed by atoms with Crippen LogP contribution in [0.3, 0.4) is 0 Å². The second kappa shape index (κ2) is 6.79. The first-order chi connectivity index (χ1) is 12.8. The number of primary amides is 1. The average Bonchev–Trinajstić information content (AvgIpc) is 2.64. The fourth-order valence-electron chi connectivity index (χ4n) is 3.18. The van der Waals surface area contributed by atoms with E-state index >= 15 is 0 Å². The molecule has 0 bridgehead atoms. The van der Waals surface area contributed by atoms with E-state index in [-0.39, 0.29) is 11.8 Å². The average molecular weight is 371 g/mol. The molecule has 2 heterocycles. The minimum absolute atomic E-state index is 0.0682. The molecule has 0 radical (unpaired) electrons. The number of hydrogen-bond donors (Lipinski definition) is 1. The first-order valence-electron chi connectivity index (χ1n) is 8.28. The Morgan fingerprint density at radius 1 is 1.15 bits per heavy atom. The molecule has 8 nitrogen and oxygen atoms in total. The van der Waals surface area contributed by atoms with Crippen LogP contribution in [-0.2, 0) is 16.8 Å². The summed E-state index contributed by atoms with van der Waals surface area (Å²) in [5.41, 5.74) is 6.44. The molecule has 0 atom stereocenters. The number of pyridine rings is 1. The monoisotopic (exact) mass is 371 g/mol. The number of methoxy groups -OCH3 is 2. The van der Waals surface area contributed by atoms with Crippen molar-refractivity contribution in [1.82, 2.24) is 4.98 Å². The predicted octanol–water partition coefficient (Wildman–Crippen LogP) is 2.38. The van der Waals surface area contributed by atoms with Gasteiger partial charge in [-0.3, -0.25) is 4.79 Å². The van der Waals surface area contributed by atoms with Crippen molar-refractivity contribution >= 4 is 17.7 Å². The molecule has 2 aromatic rings. The predicted molar refractivity (Wildman–Crippen MR) is 98.2 cm³/mol. The third-order valence-electron chi connectivity index (χ3n) is 4.60. The fraction of sp³-hybridized carbons (Fsp3) is 0.316. The van der Waals surface area contributed by atoms with Gasteiger partial charge in [0.1, 0.15) is 11.5 Å². The van der Waals surface area contributed by atoms with Crippen molar-refractivity contribution in [3.63, 3.8) is 0 Å². The standard InChI is InChI=1S/C19H21N3O5/c1-19(2)15-8-16(27-18(20)24)21-9-11(15)10-22(17(19)23)12-5-13(25-3)7-14(6-12)26-4/h5-9H,10H2,1-4H3,(H2,20,24). The van der Waals surface area contributed by atoms with Gasteiger partial charge >= 0.3 is 6.09 Å². The van der Waals surface area contributed by atoms with Crippen LogP contribution in [0.1, 0.15) is 25.0 Å². The minimum atomic E-state index is -0.951. The molecule has 0 spiro atoms. The first kappa shape index (κ1) is 18.5. The van der Waals surface area contributed by atoms with E-state index in [2.05, 4.69) is 4.98 Å². The van der Waals surface area contributed by atoms with Crippen LogP contribution in [0.25, 0.3) is 0 Å². The molecule has 0 unspecified atom stereocenters. The van der Waals surface area contributed by atoms with Crippen molar-refractivity contribution in [2.75, 3.05) is 19.1 Å². The summed E-state index contributed by atoms with van der Waals surface area (Å²) in [6.07, 6.45) is 0.638.